The highest BCUT2D eigenvalue weighted by Gasteiger charge is 2.18. The number of amides is 1. The molecule has 0 radical (unpaired) electrons. The Hall–Kier alpha value is -2.11. The van der Waals surface area contributed by atoms with Gasteiger partial charge in [-0.15, -0.1) is 0 Å². The lowest BCUT2D eigenvalue weighted by Crippen LogP contribution is -2.33. The van der Waals surface area contributed by atoms with Gasteiger partial charge in [0.05, 0.1) is 35.6 Å². The molecule has 4 nitrogen and oxygen atoms in total. The van der Waals surface area contributed by atoms with Crippen molar-refractivity contribution in [2.75, 3.05) is 13.1 Å². The van der Waals surface area contributed by atoms with Gasteiger partial charge in [0, 0.05) is 13.1 Å². The predicted octanol–water partition coefficient (Wildman–Crippen LogP) is 2.75. The molecular formula is C13H11ClFN3O. The van der Waals surface area contributed by atoms with Gasteiger partial charge in [0.25, 0.3) is 5.91 Å². The number of halogens is 2. The first-order valence-corrected chi connectivity index (χ1v) is 5.96. The normalized spacial score (nSPS) is 9.47. The molecule has 1 amide bonds. The minimum Gasteiger partial charge on any atom is -0.337 e. The van der Waals surface area contributed by atoms with Crippen LogP contribution in [0.3, 0.4) is 0 Å². The van der Waals surface area contributed by atoms with Crippen molar-refractivity contribution in [2.45, 2.75) is 12.8 Å². The number of nitrogens with zero attached hydrogens (tertiary/aromatic N) is 3. The summed E-state index contributed by atoms with van der Waals surface area (Å²) in [5.41, 5.74) is 0.166. The molecule has 0 saturated carbocycles. The molecule has 0 bridgehead atoms. The van der Waals surface area contributed by atoms with Crippen LogP contribution in [-0.4, -0.2) is 23.9 Å². The molecule has 0 fully saturated rings. The molecule has 19 heavy (non-hydrogen) atoms. The van der Waals surface area contributed by atoms with E-state index in [1.54, 1.807) is 0 Å². The minimum absolute atomic E-state index is 0.0175. The summed E-state index contributed by atoms with van der Waals surface area (Å²) in [4.78, 5) is 13.6. The van der Waals surface area contributed by atoms with Gasteiger partial charge in [-0.05, 0) is 18.2 Å². The summed E-state index contributed by atoms with van der Waals surface area (Å²) in [5.74, 6) is -0.933. The molecule has 98 valence electrons. The highest BCUT2D eigenvalue weighted by atomic mass is 35.5. The third kappa shape index (κ3) is 4.24. The Kier molecular flexibility index (Phi) is 5.78. The molecule has 1 aromatic rings. The van der Waals surface area contributed by atoms with Crippen molar-refractivity contribution in [3.8, 4) is 12.1 Å². The summed E-state index contributed by atoms with van der Waals surface area (Å²) >= 11 is 5.82. The highest BCUT2D eigenvalue weighted by Crippen LogP contribution is 2.19. The molecule has 0 unspecified atom stereocenters. The zero-order chi connectivity index (χ0) is 14.3. The molecule has 0 N–H and O–H groups in total. The standard InChI is InChI=1S/C13H11ClFN3O/c14-12-9-10(15)3-4-11(12)13(19)18(7-1-5-16)8-2-6-17/h3-4,9H,1-2,7-8H2. The Labute approximate surface area is 115 Å². The SMILES string of the molecule is N#CCCN(CCC#N)C(=O)c1ccc(F)cc1Cl. The fourth-order valence-electron chi connectivity index (χ4n) is 1.52. The van der Waals surface area contributed by atoms with E-state index in [0.29, 0.717) is 0 Å². The first-order valence-electron chi connectivity index (χ1n) is 5.58. The molecule has 1 rings (SSSR count). The molecule has 0 saturated heterocycles. The van der Waals surface area contributed by atoms with Crippen molar-refractivity contribution in [1.29, 1.82) is 10.5 Å². The number of hydrogen-bond acceptors (Lipinski definition) is 3. The maximum Gasteiger partial charge on any atom is 0.255 e. The van der Waals surface area contributed by atoms with E-state index in [9.17, 15) is 9.18 Å². The van der Waals surface area contributed by atoms with Gasteiger partial charge in [-0.25, -0.2) is 4.39 Å². The van der Waals surface area contributed by atoms with Gasteiger partial charge >= 0.3 is 0 Å². The molecule has 0 aliphatic heterocycles. The van der Waals surface area contributed by atoms with Crippen LogP contribution in [0.15, 0.2) is 18.2 Å². The summed E-state index contributed by atoms with van der Waals surface area (Å²) in [6, 6.07) is 7.37. The Morgan fingerprint density at radius 2 is 1.84 bits per heavy atom. The molecule has 1 aromatic carbocycles. The largest absolute Gasteiger partial charge is 0.337 e. The molecule has 6 heteroatoms. The van der Waals surface area contributed by atoms with Crippen molar-refractivity contribution < 1.29 is 9.18 Å². The Balaban J connectivity index is 2.91. The number of rotatable bonds is 5. The van der Waals surface area contributed by atoms with Crippen LogP contribution in [0, 0.1) is 28.5 Å². The van der Waals surface area contributed by atoms with Crippen molar-refractivity contribution in [1.82, 2.24) is 4.90 Å². The molecule has 0 aromatic heterocycles. The van der Waals surface area contributed by atoms with Gasteiger partial charge in [-0.2, -0.15) is 10.5 Å². The molecule has 0 aliphatic rings. The average Bonchev–Trinajstić information content (AvgIpc) is 2.38. The van der Waals surface area contributed by atoms with Gasteiger partial charge in [-0.3, -0.25) is 4.79 Å². The van der Waals surface area contributed by atoms with Crippen LogP contribution in [0.2, 0.25) is 5.02 Å². The summed E-state index contributed by atoms with van der Waals surface area (Å²) in [6.07, 6.45) is 0.325. The van der Waals surface area contributed by atoms with Crippen LogP contribution in [-0.2, 0) is 0 Å². The third-order valence-corrected chi connectivity index (χ3v) is 2.75. The van der Waals surface area contributed by atoms with Crippen LogP contribution in [0.1, 0.15) is 23.2 Å². The third-order valence-electron chi connectivity index (χ3n) is 2.44. The van der Waals surface area contributed by atoms with Crippen LogP contribution in [0.4, 0.5) is 4.39 Å². The quantitative estimate of drug-likeness (QED) is 0.832. The van der Waals surface area contributed by atoms with E-state index < -0.39 is 11.7 Å². The first-order chi connectivity index (χ1) is 9.10. The van der Waals surface area contributed by atoms with Gasteiger partial charge in [0.1, 0.15) is 5.82 Å². The van der Waals surface area contributed by atoms with Crippen molar-refractivity contribution in [3.05, 3.63) is 34.6 Å². The second-order valence-corrected chi connectivity index (χ2v) is 4.14. The maximum absolute atomic E-state index is 12.9. The predicted molar refractivity (Wildman–Crippen MR) is 67.8 cm³/mol. The number of nitriles is 2. The van der Waals surface area contributed by atoms with E-state index in [4.69, 9.17) is 22.1 Å². The van der Waals surface area contributed by atoms with Gasteiger partial charge < -0.3 is 4.90 Å². The fraction of sp³-hybridized carbons (Fsp3) is 0.308. The Morgan fingerprint density at radius 1 is 1.26 bits per heavy atom. The lowest BCUT2D eigenvalue weighted by molar-refractivity contribution is 0.0762. The van der Waals surface area contributed by atoms with E-state index in [2.05, 4.69) is 0 Å². The molecule has 0 atom stereocenters. The second kappa shape index (κ2) is 7.35. The molecule has 0 spiro atoms. The minimum atomic E-state index is -0.526. The van der Waals surface area contributed by atoms with Gasteiger partial charge in [0.15, 0.2) is 0 Å². The summed E-state index contributed by atoms with van der Waals surface area (Å²) in [6.45, 7) is 0.426. The van der Waals surface area contributed by atoms with Crippen molar-refractivity contribution >= 4 is 17.5 Å². The van der Waals surface area contributed by atoms with E-state index in [1.165, 1.54) is 11.0 Å². The van der Waals surface area contributed by atoms with Crippen LogP contribution < -0.4 is 0 Å². The monoisotopic (exact) mass is 279 g/mol. The molecule has 0 aliphatic carbocycles. The van der Waals surface area contributed by atoms with Gasteiger partial charge in [-0.1, -0.05) is 11.6 Å². The molecule has 0 heterocycles. The zero-order valence-corrected chi connectivity index (χ0v) is 10.8. The van der Waals surface area contributed by atoms with E-state index in [-0.39, 0.29) is 36.5 Å². The number of hydrogen-bond donors (Lipinski definition) is 0. The van der Waals surface area contributed by atoms with E-state index >= 15 is 0 Å². The summed E-state index contributed by atoms with van der Waals surface area (Å²) in [5, 5.41) is 17.1. The van der Waals surface area contributed by atoms with Crippen LogP contribution >= 0.6 is 11.6 Å². The number of benzene rings is 1. The number of carbonyl (C=O) groups excluding carboxylic acids is 1. The van der Waals surface area contributed by atoms with E-state index in [1.807, 2.05) is 12.1 Å². The Morgan fingerprint density at radius 3 is 2.32 bits per heavy atom. The highest BCUT2D eigenvalue weighted by molar-refractivity contribution is 6.33. The smallest absolute Gasteiger partial charge is 0.255 e. The maximum atomic E-state index is 12.9. The fourth-order valence-corrected chi connectivity index (χ4v) is 1.77. The van der Waals surface area contributed by atoms with Gasteiger partial charge in [0.2, 0.25) is 0 Å². The van der Waals surface area contributed by atoms with Crippen molar-refractivity contribution in [2.24, 2.45) is 0 Å². The lowest BCUT2D eigenvalue weighted by atomic mass is 10.2. The Bertz CT molecular complexity index is 530. The molecular weight excluding hydrogens is 269 g/mol. The average molecular weight is 280 g/mol. The first kappa shape index (κ1) is 14.9. The summed E-state index contributed by atoms with van der Waals surface area (Å²) in [7, 11) is 0. The topological polar surface area (TPSA) is 67.9 Å². The summed E-state index contributed by atoms with van der Waals surface area (Å²) < 4.78 is 12.9. The number of carbonyl (C=O) groups is 1. The van der Waals surface area contributed by atoms with Crippen molar-refractivity contribution in [3.63, 3.8) is 0 Å². The van der Waals surface area contributed by atoms with E-state index in [0.717, 1.165) is 12.1 Å². The lowest BCUT2D eigenvalue weighted by Gasteiger charge is -2.20. The van der Waals surface area contributed by atoms with Crippen LogP contribution in [0.25, 0.3) is 0 Å². The zero-order valence-electron chi connectivity index (χ0n) is 10.1. The second-order valence-electron chi connectivity index (χ2n) is 3.73. The van der Waals surface area contributed by atoms with Crippen LogP contribution in [0.5, 0.6) is 0 Å².